The van der Waals surface area contributed by atoms with E-state index < -0.39 is 0 Å². The van der Waals surface area contributed by atoms with E-state index in [4.69, 9.17) is 4.74 Å². The molecule has 1 aromatic carbocycles. The fourth-order valence-corrected chi connectivity index (χ4v) is 3.00. The van der Waals surface area contributed by atoms with Crippen LogP contribution < -0.4 is 5.32 Å². The maximum absolute atomic E-state index is 12.6. The third kappa shape index (κ3) is 5.46. The number of rotatable bonds is 7. The molecular formula is C20H26N4O2. The lowest BCUT2D eigenvalue weighted by atomic mass is 10.2. The smallest absolute Gasteiger partial charge is 0.318 e. The number of carbonyl (C=O) groups excluding carboxylic acids is 1. The molecule has 6 nitrogen and oxygen atoms in total. The van der Waals surface area contributed by atoms with Crippen LogP contribution in [0.2, 0.25) is 0 Å². The molecule has 1 atom stereocenters. The van der Waals surface area contributed by atoms with Gasteiger partial charge in [-0.05, 0) is 31.4 Å². The van der Waals surface area contributed by atoms with Gasteiger partial charge >= 0.3 is 6.03 Å². The van der Waals surface area contributed by atoms with Crippen LogP contribution in [0.25, 0.3) is 6.08 Å². The molecular weight excluding hydrogens is 328 g/mol. The first-order valence-electron chi connectivity index (χ1n) is 9.07. The first-order chi connectivity index (χ1) is 12.7. The molecule has 0 radical (unpaired) electrons. The van der Waals surface area contributed by atoms with Crippen LogP contribution in [-0.2, 0) is 11.3 Å². The van der Waals surface area contributed by atoms with E-state index in [1.165, 1.54) is 0 Å². The lowest BCUT2D eigenvalue weighted by molar-refractivity contribution is 0.0841. The Kier molecular flexibility index (Phi) is 6.44. The zero-order chi connectivity index (χ0) is 18.2. The molecule has 1 fully saturated rings. The van der Waals surface area contributed by atoms with Crippen LogP contribution in [-0.4, -0.2) is 46.9 Å². The van der Waals surface area contributed by atoms with Gasteiger partial charge in [-0.25, -0.2) is 4.79 Å². The van der Waals surface area contributed by atoms with Crippen molar-refractivity contribution in [3.05, 3.63) is 59.4 Å². The first-order valence-corrected chi connectivity index (χ1v) is 9.07. The maximum Gasteiger partial charge on any atom is 0.318 e. The Morgan fingerprint density at radius 1 is 1.42 bits per heavy atom. The number of hydrogen-bond acceptors (Lipinski definition) is 3. The van der Waals surface area contributed by atoms with E-state index in [9.17, 15) is 4.79 Å². The number of urea groups is 1. The predicted octanol–water partition coefficient (Wildman–Crippen LogP) is 3.12. The number of aryl methyl sites for hydroxylation is 1. The lowest BCUT2D eigenvalue weighted by Crippen LogP contribution is -2.43. The summed E-state index contributed by atoms with van der Waals surface area (Å²) in [5.74, 6) is 0. The fourth-order valence-electron chi connectivity index (χ4n) is 3.00. The Morgan fingerprint density at radius 2 is 2.27 bits per heavy atom. The largest absolute Gasteiger partial charge is 0.376 e. The van der Waals surface area contributed by atoms with Gasteiger partial charge in [0.2, 0.25) is 0 Å². The molecule has 26 heavy (non-hydrogen) atoms. The van der Waals surface area contributed by atoms with Gasteiger partial charge in [0.15, 0.2) is 0 Å². The Labute approximate surface area is 154 Å². The highest BCUT2D eigenvalue weighted by molar-refractivity contribution is 5.74. The molecule has 1 aliphatic heterocycles. The SMILES string of the molecule is Cc1cc(CNC(=O)N(C/C=C/c2ccccc2)C[C@@H]2CCCO2)n[nH]1. The number of H-pyrrole nitrogens is 1. The van der Waals surface area contributed by atoms with Crippen molar-refractivity contribution in [2.45, 2.75) is 32.4 Å². The minimum atomic E-state index is -0.0983. The Hall–Kier alpha value is -2.60. The lowest BCUT2D eigenvalue weighted by Gasteiger charge is -2.24. The molecule has 6 heteroatoms. The molecule has 2 aromatic rings. The number of nitrogens with one attached hydrogen (secondary N) is 2. The number of hydrogen-bond donors (Lipinski definition) is 2. The molecule has 2 N–H and O–H groups in total. The topological polar surface area (TPSA) is 70.2 Å². The van der Waals surface area contributed by atoms with Gasteiger partial charge in [0.05, 0.1) is 18.3 Å². The molecule has 0 bridgehead atoms. The van der Waals surface area contributed by atoms with E-state index in [1.807, 2.05) is 55.5 Å². The van der Waals surface area contributed by atoms with Crippen molar-refractivity contribution in [1.29, 1.82) is 0 Å². The van der Waals surface area contributed by atoms with E-state index in [0.717, 1.165) is 36.4 Å². The predicted molar refractivity (Wildman–Crippen MR) is 102 cm³/mol. The van der Waals surface area contributed by atoms with Crippen LogP contribution >= 0.6 is 0 Å². The summed E-state index contributed by atoms with van der Waals surface area (Å²) in [7, 11) is 0. The quantitative estimate of drug-likeness (QED) is 0.802. The minimum absolute atomic E-state index is 0.0983. The van der Waals surface area contributed by atoms with Gasteiger partial charge in [-0.3, -0.25) is 5.10 Å². The second-order valence-corrected chi connectivity index (χ2v) is 6.55. The Morgan fingerprint density at radius 3 is 2.96 bits per heavy atom. The molecule has 0 spiro atoms. The molecule has 2 heterocycles. The molecule has 0 aliphatic carbocycles. The van der Waals surface area contributed by atoms with Crippen molar-refractivity contribution in [2.75, 3.05) is 19.7 Å². The van der Waals surface area contributed by atoms with Gasteiger partial charge in [0.1, 0.15) is 0 Å². The fraction of sp³-hybridized carbons (Fsp3) is 0.400. The monoisotopic (exact) mass is 354 g/mol. The zero-order valence-corrected chi connectivity index (χ0v) is 15.1. The summed E-state index contributed by atoms with van der Waals surface area (Å²) in [6, 6.07) is 11.9. The number of aromatic amines is 1. The average Bonchev–Trinajstić information content (AvgIpc) is 3.31. The van der Waals surface area contributed by atoms with Gasteiger partial charge in [0.25, 0.3) is 0 Å². The number of aromatic nitrogens is 2. The van der Waals surface area contributed by atoms with Crippen molar-refractivity contribution < 1.29 is 9.53 Å². The van der Waals surface area contributed by atoms with E-state index in [0.29, 0.717) is 19.6 Å². The number of carbonyl (C=O) groups is 1. The summed E-state index contributed by atoms with van der Waals surface area (Å²) in [5.41, 5.74) is 2.93. The number of benzene rings is 1. The van der Waals surface area contributed by atoms with E-state index in [1.54, 1.807) is 4.90 Å². The van der Waals surface area contributed by atoms with E-state index in [2.05, 4.69) is 15.5 Å². The zero-order valence-electron chi connectivity index (χ0n) is 15.1. The van der Waals surface area contributed by atoms with Crippen LogP contribution in [0.1, 0.15) is 29.8 Å². The molecule has 1 aromatic heterocycles. The Balaban J connectivity index is 1.57. The number of amides is 2. The summed E-state index contributed by atoms with van der Waals surface area (Å²) < 4.78 is 5.70. The summed E-state index contributed by atoms with van der Waals surface area (Å²) in [6.45, 7) is 4.28. The molecule has 138 valence electrons. The van der Waals surface area contributed by atoms with Gasteiger partial charge in [-0.15, -0.1) is 0 Å². The minimum Gasteiger partial charge on any atom is -0.376 e. The van der Waals surface area contributed by atoms with Gasteiger partial charge < -0.3 is 15.0 Å². The van der Waals surface area contributed by atoms with Crippen LogP contribution in [0.5, 0.6) is 0 Å². The highest BCUT2D eigenvalue weighted by Gasteiger charge is 2.21. The molecule has 0 saturated carbocycles. The van der Waals surface area contributed by atoms with Crippen molar-refractivity contribution in [3.63, 3.8) is 0 Å². The summed E-state index contributed by atoms with van der Waals surface area (Å²) in [5, 5.41) is 9.99. The summed E-state index contributed by atoms with van der Waals surface area (Å²) >= 11 is 0. The van der Waals surface area contributed by atoms with E-state index in [-0.39, 0.29) is 12.1 Å². The summed E-state index contributed by atoms with van der Waals surface area (Å²) in [6.07, 6.45) is 6.24. The number of ether oxygens (including phenoxy) is 1. The molecule has 1 aliphatic rings. The van der Waals surface area contributed by atoms with Gasteiger partial charge in [-0.1, -0.05) is 42.5 Å². The molecule has 0 unspecified atom stereocenters. The standard InChI is InChI=1S/C20H26N4O2/c1-16-13-18(23-22-16)14-21-20(25)24(15-19-10-6-12-26-19)11-5-9-17-7-3-2-4-8-17/h2-5,7-9,13,19H,6,10-12,14-15H2,1H3,(H,21,25)(H,22,23)/b9-5+/t19-/m0/s1. The van der Waals surface area contributed by atoms with E-state index >= 15 is 0 Å². The third-order valence-corrected chi connectivity index (χ3v) is 4.35. The Bertz CT molecular complexity index is 720. The highest BCUT2D eigenvalue weighted by Crippen LogP contribution is 2.14. The van der Waals surface area contributed by atoms with Crippen molar-refractivity contribution >= 4 is 12.1 Å². The second kappa shape index (κ2) is 9.20. The van der Waals surface area contributed by atoms with Crippen LogP contribution in [0, 0.1) is 6.92 Å². The third-order valence-electron chi connectivity index (χ3n) is 4.35. The molecule has 2 amide bonds. The first kappa shape index (κ1) is 18.2. The maximum atomic E-state index is 12.6. The van der Waals surface area contributed by atoms with Crippen LogP contribution in [0.3, 0.4) is 0 Å². The van der Waals surface area contributed by atoms with Crippen molar-refractivity contribution in [3.8, 4) is 0 Å². The molecule has 3 rings (SSSR count). The van der Waals surface area contributed by atoms with Gasteiger partial charge in [-0.2, -0.15) is 5.10 Å². The van der Waals surface area contributed by atoms with Gasteiger partial charge in [0, 0.05) is 25.4 Å². The normalized spacial score (nSPS) is 16.9. The summed E-state index contributed by atoms with van der Waals surface area (Å²) in [4.78, 5) is 14.4. The van der Waals surface area contributed by atoms with Crippen LogP contribution in [0.4, 0.5) is 4.79 Å². The highest BCUT2D eigenvalue weighted by atomic mass is 16.5. The van der Waals surface area contributed by atoms with Crippen molar-refractivity contribution in [2.24, 2.45) is 0 Å². The second-order valence-electron chi connectivity index (χ2n) is 6.55. The average molecular weight is 354 g/mol. The molecule has 1 saturated heterocycles. The van der Waals surface area contributed by atoms with Crippen molar-refractivity contribution in [1.82, 2.24) is 20.4 Å². The number of nitrogens with zero attached hydrogens (tertiary/aromatic N) is 2. The van der Waals surface area contributed by atoms with Crippen LogP contribution in [0.15, 0.2) is 42.5 Å².